The lowest BCUT2D eigenvalue weighted by Crippen LogP contribution is -2.37. The fourth-order valence-electron chi connectivity index (χ4n) is 2.81. The van der Waals surface area contributed by atoms with Crippen molar-refractivity contribution in [2.45, 2.75) is 18.8 Å². The summed E-state index contributed by atoms with van der Waals surface area (Å²) < 4.78 is 10.4. The molecule has 3 rings (SSSR count). The van der Waals surface area contributed by atoms with Crippen LogP contribution in [0.1, 0.15) is 24.3 Å². The highest BCUT2D eigenvalue weighted by molar-refractivity contribution is 7.94. The van der Waals surface area contributed by atoms with Crippen LogP contribution in [0.25, 0.3) is 0 Å². The standard InChI is InChI=1S/C15H22N2OS/c1-2-5-14(6-3-1)15-7-4-8-17(13-15)19-16-9-11-18-12-10-16/h1-3,5-6,15H,4,7-13H2. The topological polar surface area (TPSA) is 15.7 Å². The summed E-state index contributed by atoms with van der Waals surface area (Å²) in [5.41, 5.74) is 1.50. The van der Waals surface area contributed by atoms with Gasteiger partial charge in [0.15, 0.2) is 0 Å². The number of morpholine rings is 1. The van der Waals surface area contributed by atoms with Crippen LogP contribution in [0, 0.1) is 0 Å². The monoisotopic (exact) mass is 278 g/mol. The van der Waals surface area contributed by atoms with Gasteiger partial charge in [0.05, 0.1) is 13.2 Å². The van der Waals surface area contributed by atoms with Crippen LogP contribution in [0.2, 0.25) is 0 Å². The van der Waals surface area contributed by atoms with Crippen LogP contribution in [0.5, 0.6) is 0 Å². The van der Waals surface area contributed by atoms with Crippen LogP contribution >= 0.6 is 12.1 Å². The summed E-state index contributed by atoms with van der Waals surface area (Å²) in [5.74, 6) is 0.698. The highest BCUT2D eigenvalue weighted by Gasteiger charge is 2.24. The van der Waals surface area contributed by atoms with Crippen molar-refractivity contribution in [2.75, 3.05) is 39.4 Å². The minimum atomic E-state index is 0.698. The minimum absolute atomic E-state index is 0.698. The van der Waals surface area contributed by atoms with Crippen LogP contribution in [-0.4, -0.2) is 48.0 Å². The number of rotatable bonds is 3. The van der Waals surface area contributed by atoms with Crippen LogP contribution < -0.4 is 0 Å². The molecule has 1 aromatic rings. The molecule has 1 aromatic carbocycles. The predicted octanol–water partition coefficient (Wildman–Crippen LogP) is 2.76. The van der Waals surface area contributed by atoms with Gasteiger partial charge < -0.3 is 4.74 Å². The number of hydrogen-bond donors (Lipinski definition) is 0. The highest BCUT2D eigenvalue weighted by atomic mass is 32.2. The summed E-state index contributed by atoms with van der Waals surface area (Å²) in [4.78, 5) is 0. The van der Waals surface area contributed by atoms with E-state index < -0.39 is 0 Å². The van der Waals surface area contributed by atoms with Gasteiger partial charge in [-0.1, -0.05) is 30.3 Å². The van der Waals surface area contributed by atoms with E-state index in [1.54, 1.807) is 0 Å². The summed E-state index contributed by atoms with van der Waals surface area (Å²) in [6.45, 7) is 6.25. The first-order valence-corrected chi connectivity index (χ1v) is 7.95. The summed E-state index contributed by atoms with van der Waals surface area (Å²) in [5, 5.41) is 0. The molecule has 2 fully saturated rings. The SMILES string of the molecule is c1ccc(C2CCCN(SN3CCOCC3)C2)cc1. The molecule has 0 bridgehead atoms. The van der Waals surface area contributed by atoms with E-state index in [1.807, 2.05) is 12.1 Å². The Labute approximate surface area is 120 Å². The molecule has 1 atom stereocenters. The second kappa shape index (κ2) is 6.75. The Hall–Kier alpha value is -0.550. The Morgan fingerprint density at radius 3 is 2.58 bits per heavy atom. The van der Waals surface area contributed by atoms with Crippen LogP contribution in [0.3, 0.4) is 0 Å². The molecule has 3 nitrogen and oxygen atoms in total. The molecule has 104 valence electrons. The maximum atomic E-state index is 5.41. The first kappa shape index (κ1) is 13.4. The fourth-order valence-corrected chi connectivity index (χ4v) is 3.90. The van der Waals surface area contributed by atoms with Gasteiger partial charge in [0.25, 0.3) is 0 Å². The predicted molar refractivity (Wildman–Crippen MR) is 80.0 cm³/mol. The average Bonchev–Trinajstić information content (AvgIpc) is 2.49. The number of hydrogen-bond acceptors (Lipinski definition) is 4. The molecule has 0 spiro atoms. The van der Waals surface area contributed by atoms with Crippen molar-refractivity contribution in [2.24, 2.45) is 0 Å². The van der Waals surface area contributed by atoms with Gasteiger partial charge in [-0.3, -0.25) is 0 Å². The van der Waals surface area contributed by atoms with Gasteiger partial charge in [0.1, 0.15) is 0 Å². The Kier molecular flexibility index (Phi) is 4.77. The van der Waals surface area contributed by atoms with Crippen LogP contribution in [-0.2, 0) is 4.74 Å². The van der Waals surface area contributed by atoms with Gasteiger partial charge in [-0.2, -0.15) is 0 Å². The molecule has 2 aliphatic heterocycles. The highest BCUT2D eigenvalue weighted by Crippen LogP contribution is 2.31. The van der Waals surface area contributed by atoms with E-state index in [9.17, 15) is 0 Å². The summed E-state index contributed by atoms with van der Waals surface area (Å²) in [6.07, 6.45) is 2.63. The second-order valence-electron chi connectivity index (χ2n) is 5.26. The van der Waals surface area contributed by atoms with Gasteiger partial charge in [-0.05, 0) is 24.3 Å². The number of piperidine rings is 1. The Morgan fingerprint density at radius 1 is 1.00 bits per heavy atom. The summed E-state index contributed by atoms with van der Waals surface area (Å²) >= 11 is 1.93. The zero-order valence-electron chi connectivity index (χ0n) is 11.3. The number of benzene rings is 1. The maximum Gasteiger partial charge on any atom is 0.0603 e. The van der Waals surface area contributed by atoms with E-state index in [-0.39, 0.29) is 0 Å². The van der Waals surface area contributed by atoms with E-state index in [0.29, 0.717) is 5.92 Å². The molecule has 0 saturated carbocycles. The Bertz CT molecular complexity index is 381. The van der Waals surface area contributed by atoms with Crippen molar-refractivity contribution in [3.05, 3.63) is 35.9 Å². The molecule has 2 saturated heterocycles. The Balaban J connectivity index is 1.55. The van der Waals surface area contributed by atoms with Crippen molar-refractivity contribution in [3.8, 4) is 0 Å². The van der Waals surface area contributed by atoms with Crippen LogP contribution in [0.15, 0.2) is 30.3 Å². The van der Waals surface area contributed by atoms with Crippen molar-refractivity contribution < 1.29 is 4.74 Å². The molecule has 2 aliphatic rings. The molecule has 1 unspecified atom stereocenters. The van der Waals surface area contributed by atoms with Crippen molar-refractivity contribution in [1.29, 1.82) is 0 Å². The van der Waals surface area contributed by atoms with E-state index in [4.69, 9.17) is 4.74 Å². The molecule has 2 heterocycles. The molecule has 0 aliphatic carbocycles. The minimum Gasteiger partial charge on any atom is -0.379 e. The third kappa shape index (κ3) is 3.72. The largest absolute Gasteiger partial charge is 0.379 e. The van der Waals surface area contributed by atoms with Gasteiger partial charge >= 0.3 is 0 Å². The second-order valence-corrected chi connectivity index (χ2v) is 6.46. The lowest BCUT2D eigenvalue weighted by atomic mass is 9.92. The van der Waals surface area contributed by atoms with Gasteiger partial charge in [-0.25, -0.2) is 8.61 Å². The summed E-state index contributed by atoms with van der Waals surface area (Å²) in [7, 11) is 0. The lowest BCUT2D eigenvalue weighted by Gasteiger charge is -2.36. The lowest BCUT2D eigenvalue weighted by molar-refractivity contribution is 0.0754. The molecule has 0 N–H and O–H groups in total. The third-order valence-electron chi connectivity index (χ3n) is 3.86. The first-order valence-electron chi connectivity index (χ1n) is 7.22. The molecular formula is C15H22N2OS. The van der Waals surface area contributed by atoms with E-state index in [1.165, 1.54) is 31.5 Å². The smallest absolute Gasteiger partial charge is 0.0603 e. The van der Waals surface area contributed by atoms with Gasteiger partial charge in [-0.15, -0.1) is 0 Å². The number of ether oxygens (including phenoxy) is 1. The van der Waals surface area contributed by atoms with Crippen molar-refractivity contribution in [1.82, 2.24) is 8.61 Å². The number of nitrogens with zero attached hydrogens (tertiary/aromatic N) is 2. The van der Waals surface area contributed by atoms with Gasteiger partial charge in [0, 0.05) is 38.3 Å². The average molecular weight is 278 g/mol. The molecule has 0 amide bonds. The molecule has 0 aromatic heterocycles. The maximum absolute atomic E-state index is 5.41. The zero-order valence-corrected chi connectivity index (χ0v) is 12.1. The van der Waals surface area contributed by atoms with Crippen molar-refractivity contribution in [3.63, 3.8) is 0 Å². The summed E-state index contributed by atoms with van der Waals surface area (Å²) in [6, 6.07) is 11.0. The molecule has 19 heavy (non-hydrogen) atoms. The normalized spacial score (nSPS) is 26.4. The van der Waals surface area contributed by atoms with E-state index in [0.717, 1.165) is 26.3 Å². The third-order valence-corrected chi connectivity index (χ3v) is 5.01. The zero-order chi connectivity index (χ0) is 12.9. The van der Waals surface area contributed by atoms with Gasteiger partial charge in [0.2, 0.25) is 0 Å². The first-order chi connectivity index (χ1) is 9.42. The fraction of sp³-hybridized carbons (Fsp3) is 0.600. The van der Waals surface area contributed by atoms with E-state index >= 15 is 0 Å². The quantitative estimate of drug-likeness (QED) is 0.790. The molecular weight excluding hydrogens is 256 g/mol. The van der Waals surface area contributed by atoms with E-state index in [2.05, 4.69) is 38.9 Å². The van der Waals surface area contributed by atoms with Crippen molar-refractivity contribution >= 4 is 12.1 Å². The molecule has 4 heteroatoms. The van der Waals surface area contributed by atoms with Crippen LogP contribution in [0.4, 0.5) is 0 Å². The molecule has 0 radical (unpaired) electrons. The Morgan fingerprint density at radius 2 is 1.79 bits per heavy atom.